The van der Waals surface area contributed by atoms with Crippen LogP contribution in [0.5, 0.6) is 5.75 Å². The van der Waals surface area contributed by atoms with Gasteiger partial charge in [0.2, 0.25) is 0 Å². The van der Waals surface area contributed by atoms with Crippen molar-refractivity contribution in [2.24, 2.45) is 0 Å². The molecule has 1 aromatic rings. The van der Waals surface area contributed by atoms with Crippen LogP contribution in [0, 0.1) is 0 Å². The number of nitrogens with zero attached hydrogens (tertiary/aromatic N) is 1. The zero-order valence-electron chi connectivity index (χ0n) is 8.06. The first-order valence-electron chi connectivity index (χ1n) is 4.13. The average Bonchev–Trinajstić information content (AvgIpc) is 2.18. The van der Waals surface area contributed by atoms with Gasteiger partial charge in [-0.3, -0.25) is 0 Å². The molecule has 0 aliphatic rings. The van der Waals surface area contributed by atoms with Crippen LogP contribution in [-0.2, 0) is 5.33 Å². The smallest absolute Gasteiger partial charge is 0.402 e. The van der Waals surface area contributed by atoms with Crippen molar-refractivity contribution in [2.45, 2.75) is 18.1 Å². The van der Waals surface area contributed by atoms with Crippen LogP contribution in [0.25, 0.3) is 0 Å². The predicted octanol–water partition coefficient (Wildman–Crippen LogP) is 3.39. The summed E-state index contributed by atoms with van der Waals surface area (Å²) in [6.45, 7) is 0. The Morgan fingerprint density at radius 3 is 2.41 bits per heavy atom. The molecular weight excluding hydrogens is 315 g/mol. The Balaban J connectivity index is 3.20. The highest BCUT2D eigenvalue weighted by atomic mass is 79.9. The number of nitrogen functional groups attached to an aromatic ring is 1. The van der Waals surface area contributed by atoms with Crippen LogP contribution in [0.2, 0.25) is 0 Å². The Morgan fingerprint density at radius 2 is 2.00 bits per heavy atom. The van der Waals surface area contributed by atoms with Gasteiger partial charge in [0.05, 0.1) is 5.69 Å². The van der Waals surface area contributed by atoms with Gasteiger partial charge in [0, 0.05) is 10.9 Å². The molecule has 0 radical (unpaired) electrons. The maximum absolute atomic E-state index is 12.5. The molecule has 0 spiro atoms. The summed E-state index contributed by atoms with van der Waals surface area (Å²) in [7, 11) is 0. The Bertz CT molecular complexity index is 410. The van der Waals surface area contributed by atoms with Gasteiger partial charge in [-0.1, -0.05) is 15.9 Å². The summed E-state index contributed by atoms with van der Waals surface area (Å²) < 4.78 is 64.3. The number of ether oxygens (including phenoxy) is 1. The van der Waals surface area contributed by atoms with Crippen LogP contribution >= 0.6 is 15.9 Å². The molecule has 9 heteroatoms. The molecule has 0 saturated heterocycles. The second-order valence-corrected chi connectivity index (χ2v) is 3.45. The number of hydrogen-bond acceptors (Lipinski definition) is 3. The number of rotatable bonds is 3. The summed E-state index contributed by atoms with van der Waals surface area (Å²) in [6, 6.07) is 0.539. The molecule has 0 amide bonds. The second kappa shape index (κ2) is 5.03. The molecule has 0 saturated carbocycles. The van der Waals surface area contributed by atoms with E-state index in [1.54, 1.807) is 0 Å². The van der Waals surface area contributed by atoms with Gasteiger partial charge in [-0.05, 0) is 6.07 Å². The number of nitrogens with two attached hydrogens (primary N) is 1. The lowest BCUT2D eigenvalue weighted by Gasteiger charge is -2.13. The topological polar surface area (TPSA) is 48.1 Å². The van der Waals surface area contributed by atoms with Crippen LogP contribution in [0.1, 0.15) is 17.7 Å². The highest BCUT2D eigenvalue weighted by Gasteiger charge is 2.33. The lowest BCUT2D eigenvalue weighted by atomic mass is 10.2. The van der Waals surface area contributed by atoms with Crippen LogP contribution in [-0.4, -0.2) is 11.3 Å². The van der Waals surface area contributed by atoms with Gasteiger partial charge < -0.3 is 10.5 Å². The molecule has 1 rings (SSSR count). The Kier molecular flexibility index (Phi) is 4.12. The fourth-order valence-electron chi connectivity index (χ4n) is 1.07. The summed E-state index contributed by atoms with van der Waals surface area (Å²) in [5.41, 5.74) is 4.38. The third kappa shape index (κ3) is 3.69. The highest BCUT2D eigenvalue weighted by molar-refractivity contribution is 9.08. The third-order valence-corrected chi connectivity index (χ3v) is 2.25. The number of anilines is 1. The van der Waals surface area contributed by atoms with Crippen LogP contribution in [0.4, 0.5) is 27.8 Å². The van der Waals surface area contributed by atoms with Crippen LogP contribution in [0.15, 0.2) is 6.07 Å². The number of aromatic nitrogens is 1. The van der Waals surface area contributed by atoms with E-state index < -0.39 is 29.9 Å². The second-order valence-electron chi connectivity index (χ2n) is 2.89. The first-order chi connectivity index (χ1) is 7.74. The number of halogens is 6. The molecule has 0 fully saturated rings. The average molecular weight is 321 g/mol. The van der Waals surface area contributed by atoms with E-state index in [4.69, 9.17) is 5.73 Å². The van der Waals surface area contributed by atoms with Gasteiger partial charge in [-0.15, -0.1) is 13.2 Å². The quantitative estimate of drug-likeness (QED) is 0.686. The highest BCUT2D eigenvalue weighted by Crippen LogP contribution is 2.33. The van der Waals surface area contributed by atoms with E-state index in [2.05, 4.69) is 25.7 Å². The van der Waals surface area contributed by atoms with Gasteiger partial charge in [0.25, 0.3) is 6.43 Å². The zero-order chi connectivity index (χ0) is 13.2. The molecule has 0 atom stereocenters. The van der Waals surface area contributed by atoms with E-state index in [9.17, 15) is 22.0 Å². The molecule has 0 bridgehead atoms. The van der Waals surface area contributed by atoms with Crippen molar-refractivity contribution in [1.82, 2.24) is 4.98 Å². The minimum absolute atomic E-state index is 0.0524. The molecule has 1 aromatic heterocycles. The summed E-state index contributed by atoms with van der Waals surface area (Å²) in [6.07, 6.45) is -7.98. The molecule has 1 heterocycles. The van der Waals surface area contributed by atoms with Crippen molar-refractivity contribution >= 4 is 21.7 Å². The molecule has 0 aliphatic heterocycles. The Labute approximate surface area is 101 Å². The molecular formula is C8H6BrF5N2O. The molecule has 3 nitrogen and oxygen atoms in total. The van der Waals surface area contributed by atoms with Gasteiger partial charge in [0.1, 0.15) is 0 Å². The van der Waals surface area contributed by atoms with E-state index in [-0.39, 0.29) is 11.0 Å². The predicted molar refractivity (Wildman–Crippen MR) is 52.9 cm³/mol. The molecule has 17 heavy (non-hydrogen) atoms. The SMILES string of the molecule is Nc1nc(CBr)c(C(F)F)cc1OC(F)(F)F. The lowest BCUT2D eigenvalue weighted by molar-refractivity contribution is -0.274. The van der Waals surface area contributed by atoms with E-state index in [0.29, 0.717) is 6.07 Å². The first-order valence-corrected chi connectivity index (χ1v) is 5.26. The van der Waals surface area contributed by atoms with Crippen LogP contribution < -0.4 is 10.5 Å². The Hall–Kier alpha value is -1.12. The van der Waals surface area contributed by atoms with Crippen LogP contribution in [0.3, 0.4) is 0 Å². The summed E-state index contributed by atoms with van der Waals surface area (Å²) in [5.74, 6) is -1.53. The molecule has 2 N–H and O–H groups in total. The van der Waals surface area contributed by atoms with Crippen molar-refractivity contribution in [3.63, 3.8) is 0 Å². The summed E-state index contributed by atoms with van der Waals surface area (Å²) >= 11 is 2.88. The van der Waals surface area contributed by atoms with E-state index >= 15 is 0 Å². The minimum atomic E-state index is -5.01. The van der Waals surface area contributed by atoms with E-state index in [0.717, 1.165) is 0 Å². The number of alkyl halides is 6. The van der Waals surface area contributed by atoms with E-state index in [1.165, 1.54) is 0 Å². The fourth-order valence-corrected chi connectivity index (χ4v) is 1.52. The van der Waals surface area contributed by atoms with E-state index in [1.807, 2.05) is 0 Å². The Morgan fingerprint density at radius 1 is 1.41 bits per heavy atom. The third-order valence-electron chi connectivity index (χ3n) is 1.72. The van der Waals surface area contributed by atoms with Gasteiger partial charge >= 0.3 is 6.36 Å². The zero-order valence-corrected chi connectivity index (χ0v) is 9.65. The van der Waals surface area contributed by atoms with Gasteiger partial charge in [0.15, 0.2) is 11.6 Å². The summed E-state index contributed by atoms with van der Waals surface area (Å²) in [4.78, 5) is 3.42. The standard InChI is InChI=1S/C8H6BrF5N2O/c9-2-4-3(6(10)11)1-5(7(15)16-4)17-8(12,13)14/h1,6H,2H2,(H2,15,16). The maximum Gasteiger partial charge on any atom is 0.573 e. The molecule has 96 valence electrons. The number of pyridine rings is 1. The fraction of sp³-hybridized carbons (Fsp3) is 0.375. The monoisotopic (exact) mass is 320 g/mol. The number of hydrogen-bond donors (Lipinski definition) is 1. The summed E-state index contributed by atoms with van der Waals surface area (Å²) in [5, 5.41) is -0.0524. The van der Waals surface area contributed by atoms with Crippen molar-refractivity contribution in [1.29, 1.82) is 0 Å². The molecule has 0 aromatic carbocycles. The minimum Gasteiger partial charge on any atom is -0.402 e. The van der Waals surface area contributed by atoms with Gasteiger partial charge in [-0.25, -0.2) is 13.8 Å². The van der Waals surface area contributed by atoms with Crippen molar-refractivity contribution in [3.05, 3.63) is 17.3 Å². The first kappa shape index (κ1) is 13.9. The lowest BCUT2D eigenvalue weighted by Crippen LogP contribution is -2.19. The van der Waals surface area contributed by atoms with Crippen molar-refractivity contribution in [3.8, 4) is 5.75 Å². The van der Waals surface area contributed by atoms with Crippen molar-refractivity contribution in [2.75, 3.05) is 5.73 Å². The largest absolute Gasteiger partial charge is 0.573 e. The molecule has 0 unspecified atom stereocenters. The van der Waals surface area contributed by atoms with Crippen molar-refractivity contribution < 1.29 is 26.7 Å². The maximum atomic E-state index is 12.5. The normalized spacial score (nSPS) is 11.9. The van der Waals surface area contributed by atoms with Gasteiger partial charge in [-0.2, -0.15) is 0 Å². The molecule has 0 aliphatic carbocycles.